The van der Waals surface area contributed by atoms with E-state index in [1.807, 2.05) is 0 Å². The van der Waals surface area contributed by atoms with Gasteiger partial charge in [-0.25, -0.2) is 8.78 Å². The van der Waals surface area contributed by atoms with Gasteiger partial charge in [-0.05, 0) is 37.8 Å². The first-order chi connectivity index (χ1) is 6.55. The van der Waals surface area contributed by atoms with Gasteiger partial charge in [0.2, 0.25) is 5.92 Å². The van der Waals surface area contributed by atoms with E-state index in [-0.39, 0.29) is 18.3 Å². The van der Waals surface area contributed by atoms with Crippen molar-refractivity contribution in [2.75, 3.05) is 19.6 Å². The average Bonchev–Trinajstić information content (AvgIpc) is 2.56. The summed E-state index contributed by atoms with van der Waals surface area (Å²) < 4.78 is 26.0. The van der Waals surface area contributed by atoms with Gasteiger partial charge in [0, 0.05) is 19.4 Å². The summed E-state index contributed by atoms with van der Waals surface area (Å²) in [4.78, 5) is 2.39. The molecule has 3 heteroatoms. The van der Waals surface area contributed by atoms with E-state index < -0.39 is 5.92 Å². The van der Waals surface area contributed by atoms with E-state index >= 15 is 0 Å². The molecule has 1 nitrogen and oxygen atoms in total. The zero-order valence-electron chi connectivity index (χ0n) is 8.86. The minimum Gasteiger partial charge on any atom is -0.303 e. The van der Waals surface area contributed by atoms with Crippen LogP contribution in [0.5, 0.6) is 0 Å². The Morgan fingerprint density at radius 3 is 2.21 bits per heavy atom. The predicted octanol–water partition coefficient (Wildman–Crippen LogP) is 2.91. The molecule has 0 aromatic heterocycles. The third kappa shape index (κ3) is 1.92. The average molecular weight is 203 g/mol. The van der Waals surface area contributed by atoms with Crippen molar-refractivity contribution < 1.29 is 8.78 Å². The van der Waals surface area contributed by atoms with Crippen molar-refractivity contribution in [1.82, 2.24) is 4.90 Å². The highest BCUT2D eigenvalue weighted by Crippen LogP contribution is 2.48. The molecule has 1 aliphatic heterocycles. The summed E-state index contributed by atoms with van der Waals surface area (Å²) in [6, 6.07) is 0. The summed E-state index contributed by atoms with van der Waals surface area (Å²) in [5.74, 6) is -2.37. The molecule has 0 N–H and O–H groups in total. The Kier molecular flexibility index (Phi) is 2.54. The number of alkyl halides is 2. The van der Waals surface area contributed by atoms with Crippen LogP contribution in [-0.2, 0) is 0 Å². The number of nitrogens with zero attached hydrogens (tertiary/aromatic N) is 1. The van der Waals surface area contributed by atoms with Gasteiger partial charge < -0.3 is 4.90 Å². The van der Waals surface area contributed by atoms with E-state index in [2.05, 4.69) is 11.8 Å². The summed E-state index contributed by atoms with van der Waals surface area (Å²) in [6.45, 7) is 5.39. The lowest BCUT2D eigenvalue weighted by molar-refractivity contribution is -0.0647. The van der Waals surface area contributed by atoms with Crippen LogP contribution in [0.1, 0.15) is 39.0 Å². The maximum absolute atomic E-state index is 13.0. The Morgan fingerprint density at radius 1 is 1.07 bits per heavy atom. The summed E-state index contributed by atoms with van der Waals surface area (Å²) in [5.41, 5.74) is 0.248. The fourth-order valence-corrected chi connectivity index (χ4v) is 2.85. The molecule has 1 spiro atoms. The van der Waals surface area contributed by atoms with Gasteiger partial charge in [-0.1, -0.05) is 6.92 Å². The highest BCUT2D eigenvalue weighted by atomic mass is 19.3. The molecular weight excluding hydrogens is 184 g/mol. The molecule has 1 saturated heterocycles. The lowest BCUT2D eigenvalue weighted by Crippen LogP contribution is -2.35. The van der Waals surface area contributed by atoms with Crippen molar-refractivity contribution in [2.45, 2.75) is 45.0 Å². The fraction of sp³-hybridized carbons (Fsp3) is 1.00. The fourth-order valence-electron chi connectivity index (χ4n) is 2.85. The van der Waals surface area contributed by atoms with Crippen LogP contribution in [0, 0.1) is 5.41 Å². The molecule has 14 heavy (non-hydrogen) atoms. The molecule has 0 radical (unpaired) electrons. The van der Waals surface area contributed by atoms with Crippen molar-refractivity contribution in [1.29, 1.82) is 0 Å². The molecule has 2 aliphatic rings. The van der Waals surface area contributed by atoms with Gasteiger partial charge in [0.05, 0.1) is 0 Å². The lowest BCUT2D eigenvalue weighted by Gasteiger charge is -2.37. The molecule has 82 valence electrons. The number of rotatable bonds is 1. The molecule has 0 unspecified atom stereocenters. The van der Waals surface area contributed by atoms with Crippen molar-refractivity contribution >= 4 is 0 Å². The Labute approximate surface area is 84.5 Å². The van der Waals surface area contributed by atoms with Crippen molar-refractivity contribution in [2.24, 2.45) is 5.41 Å². The molecular formula is C11H19F2N. The van der Waals surface area contributed by atoms with E-state index in [4.69, 9.17) is 0 Å². The first-order valence-corrected chi connectivity index (χ1v) is 5.66. The molecule has 0 amide bonds. The van der Waals surface area contributed by atoms with Crippen molar-refractivity contribution in [3.63, 3.8) is 0 Å². The lowest BCUT2D eigenvalue weighted by atomic mass is 9.72. The van der Waals surface area contributed by atoms with E-state index in [1.165, 1.54) is 0 Å². The maximum Gasteiger partial charge on any atom is 0.248 e. The molecule has 0 bridgehead atoms. The number of hydrogen-bond donors (Lipinski definition) is 0. The minimum atomic E-state index is -2.37. The van der Waals surface area contributed by atoms with Gasteiger partial charge in [0.1, 0.15) is 0 Å². The van der Waals surface area contributed by atoms with Gasteiger partial charge in [-0.2, -0.15) is 0 Å². The summed E-state index contributed by atoms with van der Waals surface area (Å²) in [5, 5.41) is 0. The van der Waals surface area contributed by atoms with E-state index in [9.17, 15) is 8.78 Å². The van der Waals surface area contributed by atoms with Gasteiger partial charge in [0.25, 0.3) is 0 Å². The monoisotopic (exact) mass is 203 g/mol. The molecule has 0 aromatic rings. The van der Waals surface area contributed by atoms with Crippen molar-refractivity contribution in [3.8, 4) is 0 Å². The molecule has 2 fully saturated rings. The normalized spacial score (nSPS) is 31.1. The zero-order chi connectivity index (χ0) is 10.2. The number of halogens is 2. The third-order valence-corrected chi connectivity index (χ3v) is 4.01. The van der Waals surface area contributed by atoms with Crippen LogP contribution >= 0.6 is 0 Å². The van der Waals surface area contributed by atoms with Crippen LogP contribution in [0.4, 0.5) is 8.78 Å². The van der Waals surface area contributed by atoms with Crippen LogP contribution in [0.15, 0.2) is 0 Å². The largest absolute Gasteiger partial charge is 0.303 e. The molecule has 0 atom stereocenters. The van der Waals surface area contributed by atoms with Crippen LogP contribution in [-0.4, -0.2) is 30.5 Å². The molecule has 2 rings (SSSR count). The Hall–Kier alpha value is -0.180. The highest BCUT2D eigenvalue weighted by Gasteiger charge is 2.46. The topological polar surface area (TPSA) is 3.24 Å². The summed E-state index contributed by atoms with van der Waals surface area (Å²) in [7, 11) is 0. The molecule has 0 aromatic carbocycles. The van der Waals surface area contributed by atoms with Gasteiger partial charge in [-0.15, -0.1) is 0 Å². The van der Waals surface area contributed by atoms with Crippen LogP contribution < -0.4 is 0 Å². The quantitative estimate of drug-likeness (QED) is 0.633. The van der Waals surface area contributed by atoms with Gasteiger partial charge in [0.15, 0.2) is 0 Å². The Morgan fingerprint density at radius 2 is 1.71 bits per heavy atom. The maximum atomic E-state index is 13.0. The Balaban J connectivity index is 1.94. The second-order valence-electron chi connectivity index (χ2n) is 4.97. The van der Waals surface area contributed by atoms with Gasteiger partial charge >= 0.3 is 0 Å². The van der Waals surface area contributed by atoms with E-state index in [0.717, 1.165) is 38.9 Å². The van der Waals surface area contributed by atoms with E-state index in [0.29, 0.717) is 0 Å². The Bertz CT molecular complexity index is 205. The van der Waals surface area contributed by atoms with Crippen LogP contribution in [0.25, 0.3) is 0 Å². The predicted molar refractivity (Wildman–Crippen MR) is 52.6 cm³/mol. The first-order valence-electron chi connectivity index (χ1n) is 5.66. The molecule has 1 saturated carbocycles. The standard InChI is InChI=1S/C11H19F2N/c1-2-14-8-7-10(9-14)3-5-11(12,13)6-4-10/h2-9H2,1H3. The van der Waals surface area contributed by atoms with E-state index in [1.54, 1.807) is 0 Å². The number of likely N-dealkylation sites (tertiary alicyclic amines) is 1. The molecule has 1 aliphatic carbocycles. The first kappa shape index (κ1) is 10.3. The van der Waals surface area contributed by atoms with Gasteiger partial charge in [-0.3, -0.25) is 0 Å². The smallest absolute Gasteiger partial charge is 0.248 e. The number of hydrogen-bond acceptors (Lipinski definition) is 1. The summed E-state index contributed by atoms with van der Waals surface area (Å²) >= 11 is 0. The second-order valence-corrected chi connectivity index (χ2v) is 4.97. The third-order valence-electron chi connectivity index (χ3n) is 4.01. The zero-order valence-corrected chi connectivity index (χ0v) is 8.86. The van der Waals surface area contributed by atoms with Crippen LogP contribution in [0.3, 0.4) is 0 Å². The highest BCUT2D eigenvalue weighted by molar-refractivity contribution is 4.94. The summed E-state index contributed by atoms with van der Waals surface area (Å²) in [6.07, 6.45) is 2.83. The van der Waals surface area contributed by atoms with Crippen molar-refractivity contribution in [3.05, 3.63) is 0 Å². The SMILES string of the molecule is CCN1CCC2(CCC(F)(F)CC2)C1. The minimum absolute atomic E-state index is 0.116. The molecule has 1 heterocycles. The second kappa shape index (κ2) is 3.44. The van der Waals surface area contributed by atoms with Crippen LogP contribution in [0.2, 0.25) is 0 Å².